The van der Waals surface area contributed by atoms with Crippen molar-refractivity contribution in [1.29, 1.82) is 0 Å². The normalized spacial score (nSPS) is 15.8. The van der Waals surface area contributed by atoms with E-state index in [2.05, 4.69) is 10.2 Å². The van der Waals surface area contributed by atoms with E-state index in [1.54, 1.807) is 25.3 Å². The molecule has 1 atom stereocenters. The second-order valence-corrected chi connectivity index (χ2v) is 7.43. The van der Waals surface area contributed by atoms with Gasteiger partial charge in [0.25, 0.3) is 0 Å². The smallest absolute Gasteiger partial charge is 0.224 e. The quantitative estimate of drug-likeness (QED) is 0.738. The zero-order chi connectivity index (χ0) is 19.9. The molecule has 1 aliphatic rings. The fraction of sp³-hybridized carbons (Fsp3) is 0.381. The number of ether oxygens (including phenoxy) is 2. The summed E-state index contributed by atoms with van der Waals surface area (Å²) in [6.45, 7) is 3.52. The molecule has 1 amide bonds. The molecule has 1 unspecified atom stereocenters. The minimum absolute atomic E-state index is 0.0560. The summed E-state index contributed by atoms with van der Waals surface area (Å²) < 4.78 is 10.7. The molecule has 7 heteroatoms. The van der Waals surface area contributed by atoms with E-state index in [1.807, 2.05) is 24.3 Å². The molecular formula is C21H24Cl2N2O3. The van der Waals surface area contributed by atoms with Gasteiger partial charge in [0.1, 0.15) is 5.75 Å². The van der Waals surface area contributed by atoms with Crippen molar-refractivity contribution in [2.75, 3.05) is 40.0 Å². The van der Waals surface area contributed by atoms with Crippen LogP contribution in [0.15, 0.2) is 42.5 Å². The summed E-state index contributed by atoms with van der Waals surface area (Å²) >= 11 is 12.4. The maximum absolute atomic E-state index is 12.5. The minimum Gasteiger partial charge on any atom is -0.497 e. The van der Waals surface area contributed by atoms with Crippen LogP contribution in [0.3, 0.4) is 0 Å². The summed E-state index contributed by atoms with van der Waals surface area (Å²) in [4.78, 5) is 14.9. The average molecular weight is 423 g/mol. The second kappa shape index (κ2) is 10.1. The Hall–Kier alpha value is -1.79. The van der Waals surface area contributed by atoms with E-state index in [-0.39, 0.29) is 18.4 Å². The van der Waals surface area contributed by atoms with Crippen LogP contribution >= 0.6 is 23.2 Å². The highest BCUT2D eigenvalue weighted by Crippen LogP contribution is 2.26. The molecular weight excluding hydrogens is 399 g/mol. The zero-order valence-electron chi connectivity index (χ0n) is 15.8. The van der Waals surface area contributed by atoms with E-state index in [4.69, 9.17) is 32.7 Å². The molecule has 1 aliphatic heterocycles. The maximum atomic E-state index is 12.5. The first kappa shape index (κ1) is 20.9. The van der Waals surface area contributed by atoms with Crippen LogP contribution in [-0.2, 0) is 16.0 Å². The van der Waals surface area contributed by atoms with Crippen molar-refractivity contribution in [1.82, 2.24) is 10.2 Å². The topological polar surface area (TPSA) is 50.8 Å². The van der Waals surface area contributed by atoms with Gasteiger partial charge >= 0.3 is 0 Å². The van der Waals surface area contributed by atoms with Crippen LogP contribution in [0.2, 0.25) is 10.0 Å². The number of nitrogens with one attached hydrogen (secondary N) is 1. The van der Waals surface area contributed by atoms with Crippen LogP contribution in [0, 0.1) is 0 Å². The van der Waals surface area contributed by atoms with Gasteiger partial charge in [-0.1, -0.05) is 41.4 Å². The number of nitrogens with zero attached hydrogens (tertiary/aromatic N) is 1. The Labute approximate surface area is 175 Å². The summed E-state index contributed by atoms with van der Waals surface area (Å²) in [6, 6.07) is 13.3. The highest BCUT2D eigenvalue weighted by Gasteiger charge is 2.23. The van der Waals surface area contributed by atoms with Crippen molar-refractivity contribution in [2.24, 2.45) is 0 Å². The van der Waals surface area contributed by atoms with Gasteiger partial charge in [0.05, 0.1) is 32.8 Å². The van der Waals surface area contributed by atoms with Gasteiger partial charge in [0.15, 0.2) is 0 Å². The molecule has 1 fully saturated rings. The largest absolute Gasteiger partial charge is 0.497 e. The van der Waals surface area contributed by atoms with Crippen LogP contribution < -0.4 is 10.1 Å². The molecule has 1 saturated heterocycles. The van der Waals surface area contributed by atoms with Crippen LogP contribution in [0.4, 0.5) is 0 Å². The van der Waals surface area contributed by atoms with Gasteiger partial charge in [-0.05, 0) is 35.4 Å². The van der Waals surface area contributed by atoms with E-state index in [1.165, 1.54) is 0 Å². The van der Waals surface area contributed by atoms with Crippen molar-refractivity contribution in [3.63, 3.8) is 0 Å². The molecule has 2 aromatic carbocycles. The van der Waals surface area contributed by atoms with E-state index in [0.29, 0.717) is 35.4 Å². The molecule has 0 aliphatic carbocycles. The van der Waals surface area contributed by atoms with Crippen LogP contribution in [-0.4, -0.2) is 50.8 Å². The number of halogens is 2. The Balaban J connectivity index is 1.69. The highest BCUT2D eigenvalue weighted by atomic mass is 35.5. The predicted octanol–water partition coefficient (Wildman–Crippen LogP) is 3.73. The molecule has 3 rings (SSSR count). The molecule has 0 aromatic heterocycles. The summed E-state index contributed by atoms with van der Waals surface area (Å²) in [6.07, 6.45) is 0.150. The third-order valence-corrected chi connectivity index (χ3v) is 5.59. The molecule has 2 aromatic rings. The zero-order valence-corrected chi connectivity index (χ0v) is 17.3. The number of methoxy groups -OCH3 is 1. The molecule has 0 saturated carbocycles. The number of carbonyl (C=O) groups is 1. The van der Waals surface area contributed by atoms with Crippen molar-refractivity contribution < 1.29 is 14.3 Å². The Bertz CT molecular complexity index is 772. The molecule has 0 radical (unpaired) electrons. The molecule has 1 heterocycles. The summed E-state index contributed by atoms with van der Waals surface area (Å²) in [5.74, 6) is 0.698. The van der Waals surface area contributed by atoms with Gasteiger partial charge in [-0.2, -0.15) is 0 Å². The Morgan fingerprint density at radius 2 is 1.79 bits per heavy atom. The Morgan fingerprint density at radius 1 is 1.14 bits per heavy atom. The molecule has 1 N–H and O–H groups in total. The lowest BCUT2D eigenvalue weighted by Crippen LogP contribution is -2.44. The van der Waals surface area contributed by atoms with Crippen molar-refractivity contribution in [3.05, 3.63) is 63.6 Å². The van der Waals surface area contributed by atoms with E-state index < -0.39 is 0 Å². The van der Waals surface area contributed by atoms with Crippen molar-refractivity contribution >= 4 is 29.1 Å². The number of hydrogen-bond acceptors (Lipinski definition) is 4. The second-order valence-electron chi connectivity index (χ2n) is 6.62. The van der Waals surface area contributed by atoms with Gasteiger partial charge < -0.3 is 14.8 Å². The average Bonchev–Trinajstić information content (AvgIpc) is 2.72. The fourth-order valence-electron chi connectivity index (χ4n) is 3.31. The van der Waals surface area contributed by atoms with E-state index in [9.17, 15) is 4.79 Å². The molecule has 0 bridgehead atoms. The van der Waals surface area contributed by atoms with Crippen LogP contribution in [0.5, 0.6) is 5.75 Å². The lowest BCUT2D eigenvalue weighted by atomic mass is 10.0. The lowest BCUT2D eigenvalue weighted by molar-refractivity contribution is -0.120. The highest BCUT2D eigenvalue weighted by molar-refractivity contribution is 6.36. The SMILES string of the molecule is COc1ccc(C(CNC(=O)Cc2c(Cl)cccc2Cl)N2CCOCC2)cc1. The number of hydrogen-bond donors (Lipinski definition) is 1. The summed E-state index contributed by atoms with van der Waals surface area (Å²) in [7, 11) is 1.65. The number of benzene rings is 2. The monoisotopic (exact) mass is 422 g/mol. The molecule has 0 spiro atoms. The lowest BCUT2D eigenvalue weighted by Gasteiger charge is -2.35. The Kier molecular flexibility index (Phi) is 7.57. The van der Waals surface area contributed by atoms with Crippen molar-refractivity contribution in [2.45, 2.75) is 12.5 Å². The standard InChI is InChI=1S/C21H24Cl2N2O3/c1-27-16-7-5-15(6-8-16)20(25-9-11-28-12-10-25)14-24-21(26)13-17-18(22)3-2-4-19(17)23/h2-8,20H,9-14H2,1H3,(H,24,26). The molecule has 5 nitrogen and oxygen atoms in total. The van der Waals surface area contributed by atoms with Crippen LogP contribution in [0.1, 0.15) is 17.2 Å². The molecule has 150 valence electrons. The van der Waals surface area contributed by atoms with E-state index in [0.717, 1.165) is 24.4 Å². The fourth-order valence-corrected chi connectivity index (χ4v) is 3.84. The first-order valence-electron chi connectivity index (χ1n) is 9.24. The first-order valence-corrected chi connectivity index (χ1v) is 9.99. The number of carbonyl (C=O) groups excluding carboxylic acids is 1. The van der Waals surface area contributed by atoms with E-state index >= 15 is 0 Å². The van der Waals surface area contributed by atoms with Gasteiger partial charge in [0.2, 0.25) is 5.91 Å². The molecule has 28 heavy (non-hydrogen) atoms. The predicted molar refractivity (Wildman–Crippen MR) is 111 cm³/mol. The van der Waals surface area contributed by atoms with Gasteiger partial charge in [-0.15, -0.1) is 0 Å². The Morgan fingerprint density at radius 3 is 2.39 bits per heavy atom. The third kappa shape index (κ3) is 5.39. The first-order chi connectivity index (χ1) is 13.6. The number of morpholine rings is 1. The van der Waals surface area contributed by atoms with Gasteiger partial charge in [0, 0.05) is 29.7 Å². The number of rotatable bonds is 7. The minimum atomic E-state index is -0.109. The maximum Gasteiger partial charge on any atom is 0.224 e. The summed E-state index contributed by atoms with van der Waals surface area (Å²) in [5, 5.41) is 4.04. The summed E-state index contributed by atoms with van der Waals surface area (Å²) in [5.41, 5.74) is 1.77. The van der Waals surface area contributed by atoms with Gasteiger partial charge in [-0.3, -0.25) is 9.69 Å². The van der Waals surface area contributed by atoms with Crippen molar-refractivity contribution in [3.8, 4) is 5.75 Å². The number of amides is 1. The third-order valence-electron chi connectivity index (χ3n) is 4.88. The van der Waals surface area contributed by atoms with Gasteiger partial charge in [-0.25, -0.2) is 0 Å². The van der Waals surface area contributed by atoms with Crippen LogP contribution in [0.25, 0.3) is 0 Å².